The summed E-state index contributed by atoms with van der Waals surface area (Å²) < 4.78 is 0. The first-order chi connectivity index (χ1) is 9.97. The van der Waals surface area contributed by atoms with Crippen LogP contribution in [0.3, 0.4) is 0 Å². The summed E-state index contributed by atoms with van der Waals surface area (Å²) in [7, 11) is 0. The number of aryl methyl sites for hydroxylation is 1. The third-order valence-corrected chi connectivity index (χ3v) is 3.68. The van der Waals surface area contributed by atoms with Crippen molar-refractivity contribution in [2.75, 3.05) is 25.0 Å². The van der Waals surface area contributed by atoms with Gasteiger partial charge in [0.15, 0.2) is 0 Å². The highest BCUT2D eigenvalue weighted by atomic mass is 16.6. The van der Waals surface area contributed by atoms with Crippen LogP contribution in [0.2, 0.25) is 0 Å². The Hall–Kier alpha value is -1.69. The molecule has 0 aromatic carbocycles. The smallest absolute Gasteiger partial charge is 0.290 e. The van der Waals surface area contributed by atoms with Crippen LogP contribution in [0.4, 0.5) is 11.5 Å². The summed E-state index contributed by atoms with van der Waals surface area (Å²) in [5.74, 6) is 0.702. The highest BCUT2D eigenvalue weighted by molar-refractivity contribution is 5.47. The maximum absolute atomic E-state index is 10.8. The van der Waals surface area contributed by atoms with E-state index in [1.54, 1.807) is 13.0 Å². The Labute approximate surface area is 126 Å². The van der Waals surface area contributed by atoms with Crippen LogP contribution in [-0.2, 0) is 0 Å². The minimum absolute atomic E-state index is 0.0646. The van der Waals surface area contributed by atoms with E-state index in [1.165, 1.54) is 6.20 Å². The van der Waals surface area contributed by atoms with Gasteiger partial charge in [-0.1, -0.05) is 13.8 Å². The number of nitro groups is 1. The van der Waals surface area contributed by atoms with E-state index in [2.05, 4.69) is 36.0 Å². The normalized spacial score (nSPS) is 12.4. The molecule has 21 heavy (non-hydrogen) atoms. The summed E-state index contributed by atoms with van der Waals surface area (Å²) in [5, 5.41) is 14.1. The Morgan fingerprint density at radius 3 is 2.62 bits per heavy atom. The highest BCUT2D eigenvalue weighted by Crippen LogP contribution is 2.19. The van der Waals surface area contributed by atoms with E-state index < -0.39 is 4.92 Å². The molecular weight excluding hydrogens is 268 g/mol. The molecule has 0 amide bonds. The van der Waals surface area contributed by atoms with Crippen molar-refractivity contribution in [2.45, 2.75) is 46.6 Å². The Balaban J connectivity index is 2.46. The second-order valence-electron chi connectivity index (χ2n) is 5.33. The maximum Gasteiger partial charge on any atom is 0.290 e. The van der Waals surface area contributed by atoms with Gasteiger partial charge in [0, 0.05) is 11.6 Å². The number of pyridine rings is 1. The van der Waals surface area contributed by atoms with Gasteiger partial charge in [-0.15, -0.1) is 0 Å². The maximum atomic E-state index is 10.8. The minimum Gasteiger partial charge on any atom is -0.368 e. The molecular formula is C15H26N4O2. The average molecular weight is 294 g/mol. The number of aromatic nitrogens is 1. The van der Waals surface area contributed by atoms with E-state index in [1.807, 2.05) is 0 Å². The van der Waals surface area contributed by atoms with E-state index >= 15 is 0 Å². The molecule has 0 aliphatic rings. The molecule has 0 aliphatic heterocycles. The Bertz CT molecular complexity index is 461. The molecule has 1 heterocycles. The lowest BCUT2D eigenvalue weighted by atomic mass is 10.1. The zero-order chi connectivity index (χ0) is 15.8. The molecule has 0 radical (unpaired) electrons. The lowest BCUT2D eigenvalue weighted by Gasteiger charge is -2.20. The molecule has 6 nitrogen and oxygen atoms in total. The van der Waals surface area contributed by atoms with Gasteiger partial charge in [0.25, 0.3) is 5.69 Å². The molecule has 1 unspecified atom stereocenters. The molecule has 118 valence electrons. The number of nitrogens with one attached hydrogen (secondary N) is 1. The first-order valence-corrected chi connectivity index (χ1v) is 7.57. The van der Waals surface area contributed by atoms with Gasteiger partial charge in [-0.2, -0.15) is 0 Å². The molecule has 0 saturated carbocycles. The number of anilines is 1. The van der Waals surface area contributed by atoms with E-state index in [0.717, 1.165) is 32.5 Å². The molecule has 0 saturated heterocycles. The molecule has 1 rings (SSSR count). The van der Waals surface area contributed by atoms with Crippen molar-refractivity contribution in [1.82, 2.24) is 9.88 Å². The van der Waals surface area contributed by atoms with Crippen molar-refractivity contribution >= 4 is 11.5 Å². The van der Waals surface area contributed by atoms with E-state index in [9.17, 15) is 10.1 Å². The van der Waals surface area contributed by atoms with Gasteiger partial charge in [-0.05, 0) is 52.4 Å². The molecule has 0 aliphatic carbocycles. The average Bonchev–Trinajstić information content (AvgIpc) is 2.43. The molecule has 0 fully saturated rings. The fourth-order valence-corrected chi connectivity index (χ4v) is 2.30. The predicted octanol–water partition coefficient (Wildman–Crippen LogP) is 3.22. The van der Waals surface area contributed by atoms with Crippen LogP contribution < -0.4 is 5.32 Å². The summed E-state index contributed by atoms with van der Waals surface area (Å²) in [5.41, 5.74) is 0.697. The number of rotatable bonds is 9. The SMILES string of the molecule is CCN(CC)CCCC(C)Nc1cc(C)c([N+](=O)[O-])cn1. The van der Waals surface area contributed by atoms with Crippen LogP contribution in [0, 0.1) is 17.0 Å². The second-order valence-corrected chi connectivity index (χ2v) is 5.33. The van der Waals surface area contributed by atoms with E-state index in [0.29, 0.717) is 17.4 Å². The Morgan fingerprint density at radius 2 is 2.10 bits per heavy atom. The van der Waals surface area contributed by atoms with Crippen molar-refractivity contribution in [2.24, 2.45) is 0 Å². The van der Waals surface area contributed by atoms with Gasteiger partial charge < -0.3 is 10.2 Å². The summed E-state index contributed by atoms with van der Waals surface area (Å²) in [6.45, 7) is 11.5. The van der Waals surface area contributed by atoms with Gasteiger partial charge in [0.05, 0.1) is 4.92 Å². The van der Waals surface area contributed by atoms with E-state index in [4.69, 9.17) is 0 Å². The molecule has 0 spiro atoms. The number of hydrogen-bond donors (Lipinski definition) is 1. The van der Waals surface area contributed by atoms with Crippen LogP contribution >= 0.6 is 0 Å². The quantitative estimate of drug-likeness (QED) is 0.559. The van der Waals surface area contributed by atoms with Crippen molar-refractivity contribution < 1.29 is 4.92 Å². The van der Waals surface area contributed by atoms with E-state index in [-0.39, 0.29) is 5.69 Å². The lowest BCUT2D eigenvalue weighted by Crippen LogP contribution is -2.25. The Kier molecular flexibility index (Phi) is 7.08. The van der Waals surface area contributed by atoms with Crippen LogP contribution in [-0.4, -0.2) is 40.5 Å². The predicted molar refractivity (Wildman–Crippen MR) is 85.7 cm³/mol. The second kappa shape index (κ2) is 8.56. The standard InChI is InChI=1S/C15H26N4O2/c1-5-18(6-2)9-7-8-13(4)17-15-10-12(3)14(11-16-15)19(20)21/h10-11,13H,5-9H2,1-4H3,(H,16,17). The van der Waals surface area contributed by atoms with Gasteiger partial charge in [0.2, 0.25) is 0 Å². The highest BCUT2D eigenvalue weighted by Gasteiger charge is 2.12. The van der Waals surface area contributed by atoms with Gasteiger partial charge >= 0.3 is 0 Å². The molecule has 1 N–H and O–H groups in total. The van der Waals surface area contributed by atoms with Crippen molar-refractivity contribution in [3.8, 4) is 0 Å². The molecule has 1 aromatic heterocycles. The lowest BCUT2D eigenvalue weighted by molar-refractivity contribution is -0.385. The third kappa shape index (κ3) is 5.67. The molecule has 0 bridgehead atoms. The molecule has 1 aromatic rings. The van der Waals surface area contributed by atoms with Crippen LogP contribution in [0.15, 0.2) is 12.3 Å². The monoisotopic (exact) mass is 294 g/mol. The molecule has 6 heteroatoms. The molecule has 1 atom stereocenters. The van der Waals surface area contributed by atoms with Gasteiger partial charge in [0.1, 0.15) is 12.0 Å². The third-order valence-electron chi connectivity index (χ3n) is 3.68. The fraction of sp³-hybridized carbons (Fsp3) is 0.667. The number of hydrogen-bond acceptors (Lipinski definition) is 5. The van der Waals surface area contributed by atoms with Gasteiger partial charge in [-0.25, -0.2) is 4.98 Å². The van der Waals surface area contributed by atoms with Crippen LogP contribution in [0.25, 0.3) is 0 Å². The van der Waals surface area contributed by atoms with Crippen molar-refractivity contribution in [1.29, 1.82) is 0 Å². The van der Waals surface area contributed by atoms with Gasteiger partial charge in [-0.3, -0.25) is 10.1 Å². The summed E-state index contributed by atoms with van der Waals surface area (Å²) in [4.78, 5) is 16.9. The first-order valence-electron chi connectivity index (χ1n) is 7.57. The largest absolute Gasteiger partial charge is 0.368 e. The van der Waals surface area contributed by atoms with Crippen LogP contribution in [0.1, 0.15) is 39.2 Å². The van der Waals surface area contributed by atoms with Crippen molar-refractivity contribution in [3.05, 3.63) is 27.9 Å². The zero-order valence-electron chi connectivity index (χ0n) is 13.4. The number of nitrogens with zero attached hydrogens (tertiary/aromatic N) is 3. The summed E-state index contributed by atoms with van der Waals surface area (Å²) >= 11 is 0. The minimum atomic E-state index is -0.403. The summed E-state index contributed by atoms with van der Waals surface area (Å²) in [6.07, 6.45) is 3.50. The van der Waals surface area contributed by atoms with Crippen LogP contribution in [0.5, 0.6) is 0 Å². The topological polar surface area (TPSA) is 71.3 Å². The first kappa shape index (κ1) is 17.4. The fourth-order valence-electron chi connectivity index (χ4n) is 2.30. The zero-order valence-corrected chi connectivity index (χ0v) is 13.4. The Morgan fingerprint density at radius 1 is 1.43 bits per heavy atom. The summed E-state index contributed by atoms with van der Waals surface area (Å²) in [6, 6.07) is 2.04. The van der Waals surface area contributed by atoms with Crippen molar-refractivity contribution in [3.63, 3.8) is 0 Å².